The molecule has 0 amide bonds. The summed E-state index contributed by atoms with van der Waals surface area (Å²) in [5, 5.41) is 19.9. The average molecular weight is 327 g/mol. The van der Waals surface area contributed by atoms with E-state index in [9.17, 15) is 10.5 Å². The number of hydrogen-bond acceptors (Lipinski definition) is 6. The molecule has 0 unspecified atom stereocenters. The van der Waals surface area contributed by atoms with Crippen molar-refractivity contribution in [2.24, 2.45) is 16.6 Å². The van der Waals surface area contributed by atoms with E-state index < -0.39 is 22.7 Å². The molecule has 3 rings (SSSR count). The van der Waals surface area contributed by atoms with Crippen molar-refractivity contribution in [3.05, 3.63) is 29.8 Å². The molecule has 0 radical (unpaired) electrons. The fraction of sp³-hybridized carbons (Fsp3) is 0.471. The van der Waals surface area contributed by atoms with E-state index in [4.69, 9.17) is 19.9 Å². The molecule has 0 spiro atoms. The van der Waals surface area contributed by atoms with E-state index in [-0.39, 0.29) is 5.84 Å². The summed E-state index contributed by atoms with van der Waals surface area (Å²) >= 11 is 0. The number of nitrogens with two attached hydrogens (primary N) is 1. The first-order chi connectivity index (χ1) is 11.5. The minimum Gasteiger partial charge on any atom is -0.494 e. The van der Waals surface area contributed by atoms with E-state index in [0.29, 0.717) is 12.4 Å². The Morgan fingerprint density at radius 1 is 1.21 bits per heavy atom. The van der Waals surface area contributed by atoms with Gasteiger partial charge in [-0.05, 0) is 13.0 Å². The molecule has 124 valence electrons. The molecule has 1 fully saturated rings. The SMILES string of the molecule is CCOc1ccccc1[C@@H]1[C@]2(C#N)C(N)=[NH+]C(OC)(OC)[C@]12C#N. The van der Waals surface area contributed by atoms with Crippen LogP contribution in [0, 0.1) is 33.5 Å². The molecule has 1 aromatic rings. The van der Waals surface area contributed by atoms with Gasteiger partial charge in [0, 0.05) is 19.8 Å². The zero-order chi connectivity index (χ0) is 17.6. The molecular weight excluding hydrogens is 308 g/mol. The Morgan fingerprint density at radius 3 is 2.42 bits per heavy atom. The summed E-state index contributed by atoms with van der Waals surface area (Å²) in [6.45, 7) is 2.35. The summed E-state index contributed by atoms with van der Waals surface area (Å²) in [6, 6.07) is 11.8. The molecule has 1 aliphatic heterocycles. The molecule has 7 heteroatoms. The van der Waals surface area contributed by atoms with Crippen molar-refractivity contribution in [3.8, 4) is 17.9 Å². The standard InChI is InChI=1S/C17H18N4O3/c1-4-24-12-8-6-5-7-11(12)13-15(9-18)14(20)21-17(22-2,23-3)16(13,15)10-19/h5-8,13H,4H2,1-3H3,(H2,20,21)/p+1/t13-,15-,16-/m1/s1. The lowest BCUT2D eigenvalue weighted by atomic mass is 9.93. The van der Waals surface area contributed by atoms with Gasteiger partial charge in [-0.1, -0.05) is 18.2 Å². The van der Waals surface area contributed by atoms with Gasteiger partial charge in [0.25, 0.3) is 5.84 Å². The Hall–Kier alpha value is -2.61. The number of nitrogens with one attached hydrogen (secondary N) is 1. The maximum Gasteiger partial charge on any atom is 0.342 e. The molecule has 1 aromatic carbocycles. The van der Waals surface area contributed by atoms with E-state index in [2.05, 4.69) is 17.1 Å². The number of hydrogen-bond donors (Lipinski definition) is 2. The zero-order valence-electron chi connectivity index (χ0n) is 13.8. The largest absolute Gasteiger partial charge is 0.494 e. The molecule has 2 aliphatic rings. The maximum absolute atomic E-state index is 10.0. The number of methoxy groups -OCH3 is 2. The van der Waals surface area contributed by atoms with Crippen LogP contribution < -0.4 is 15.5 Å². The highest BCUT2D eigenvalue weighted by molar-refractivity contribution is 5.95. The maximum atomic E-state index is 10.0. The van der Waals surface area contributed by atoms with Crippen LogP contribution in [0.4, 0.5) is 0 Å². The van der Waals surface area contributed by atoms with Crippen molar-refractivity contribution in [2.45, 2.75) is 18.8 Å². The van der Waals surface area contributed by atoms with E-state index in [1.165, 1.54) is 14.2 Å². The van der Waals surface area contributed by atoms with Gasteiger partial charge < -0.3 is 14.2 Å². The second-order valence-electron chi connectivity index (χ2n) is 5.81. The molecule has 0 bridgehead atoms. The predicted molar refractivity (Wildman–Crippen MR) is 83.4 cm³/mol. The second-order valence-corrected chi connectivity index (χ2v) is 5.81. The lowest BCUT2D eigenvalue weighted by Crippen LogP contribution is -2.90. The number of ether oxygens (including phenoxy) is 3. The topological polar surface area (TPSA) is 115 Å². The molecule has 1 saturated carbocycles. The summed E-state index contributed by atoms with van der Waals surface area (Å²) in [5.74, 6) is -1.22. The van der Waals surface area contributed by atoms with Gasteiger partial charge >= 0.3 is 5.91 Å². The van der Waals surface area contributed by atoms with Crippen LogP contribution in [-0.2, 0) is 9.47 Å². The summed E-state index contributed by atoms with van der Waals surface area (Å²) in [6.07, 6.45) is 0. The normalized spacial score (nSPS) is 32.2. The lowest BCUT2D eigenvalue weighted by Gasteiger charge is -2.27. The number of benzene rings is 1. The number of nitrogens with zero attached hydrogens (tertiary/aromatic N) is 2. The van der Waals surface area contributed by atoms with E-state index in [0.717, 1.165) is 5.56 Å². The van der Waals surface area contributed by atoms with Crippen LogP contribution in [0.3, 0.4) is 0 Å². The molecule has 0 saturated heterocycles. The van der Waals surface area contributed by atoms with Gasteiger partial charge in [-0.3, -0.25) is 5.73 Å². The van der Waals surface area contributed by atoms with Gasteiger partial charge in [-0.25, -0.2) is 4.99 Å². The predicted octanol–water partition coefficient (Wildman–Crippen LogP) is -0.400. The van der Waals surface area contributed by atoms with Crippen LogP contribution >= 0.6 is 0 Å². The van der Waals surface area contributed by atoms with Crippen LogP contribution in [0.5, 0.6) is 5.75 Å². The highest BCUT2D eigenvalue weighted by Gasteiger charge is 2.97. The van der Waals surface area contributed by atoms with Gasteiger partial charge in [-0.2, -0.15) is 10.5 Å². The Labute approximate surface area is 140 Å². The summed E-state index contributed by atoms with van der Waals surface area (Å²) in [7, 11) is 2.83. The van der Waals surface area contributed by atoms with Crippen LogP contribution in [0.25, 0.3) is 0 Å². The lowest BCUT2D eigenvalue weighted by molar-refractivity contribution is -0.687. The number of fused-ring (bicyclic) bond motifs is 1. The molecule has 0 aromatic heterocycles. The fourth-order valence-electron chi connectivity index (χ4n) is 4.09. The molecule has 24 heavy (non-hydrogen) atoms. The quantitative estimate of drug-likeness (QED) is 0.711. The monoisotopic (exact) mass is 327 g/mol. The highest BCUT2D eigenvalue weighted by Crippen LogP contribution is 2.79. The first-order valence-electron chi connectivity index (χ1n) is 7.60. The third-order valence-electron chi connectivity index (χ3n) is 5.11. The summed E-state index contributed by atoms with van der Waals surface area (Å²) < 4.78 is 16.7. The molecule has 1 heterocycles. The summed E-state index contributed by atoms with van der Waals surface area (Å²) in [5.41, 5.74) is 4.32. The second kappa shape index (κ2) is 5.20. The van der Waals surface area contributed by atoms with Crippen molar-refractivity contribution in [3.63, 3.8) is 0 Å². The third-order valence-corrected chi connectivity index (χ3v) is 5.11. The highest BCUT2D eigenvalue weighted by atomic mass is 16.7. The number of nitriles is 2. The molecule has 3 atom stereocenters. The Balaban J connectivity index is 2.25. The van der Waals surface area contributed by atoms with E-state index in [1.54, 1.807) is 0 Å². The van der Waals surface area contributed by atoms with Crippen LogP contribution in [0.1, 0.15) is 18.4 Å². The van der Waals surface area contributed by atoms with Gasteiger partial charge in [0.1, 0.15) is 5.75 Å². The first-order valence-corrected chi connectivity index (χ1v) is 7.60. The zero-order valence-corrected chi connectivity index (χ0v) is 13.8. The van der Waals surface area contributed by atoms with Crippen molar-refractivity contribution in [1.82, 2.24) is 0 Å². The van der Waals surface area contributed by atoms with Gasteiger partial charge in [-0.15, -0.1) is 0 Å². The molecule has 3 N–H and O–H groups in total. The first kappa shape index (κ1) is 16.3. The molecule has 7 nitrogen and oxygen atoms in total. The van der Waals surface area contributed by atoms with Crippen LogP contribution in [-0.4, -0.2) is 32.6 Å². The fourth-order valence-corrected chi connectivity index (χ4v) is 4.09. The number of amidine groups is 1. The Morgan fingerprint density at radius 2 is 1.88 bits per heavy atom. The van der Waals surface area contributed by atoms with Crippen LogP contribution in [0.2, 0.25) is 0 Å². The average Bonchev–Trinajstić information content (AvgIpc) is 3.18. The Kier molecular flexibility index (Phi) is 3.52. The van der Waals surface area contributed by atoms with Crippen molar-refractivity contribution >= 4 is 5.84 Å². The Bertz CT molecular complexity index is 790. The van der Waals surface area contributed by atoms with E-state index in [1.807, 2.05) is 31.2 Å². The molecular formula is C17H19N4O3+. The van der Waals surface area contributed by atoms with E-state index >= 15 is 0 Å². The number of para-hydroxylation sites is 1. The summed E-state index contributed by atoms with van der Waals surface area (Å²) in [4.78, 5) is 2.87. The van der Waals surface area contributed by atoms with Crippen molar-refractivity contribution < 1.29 is 19.2 Å². The molecule has 1 aliphatic carbocycles. The van der Waals surface area contributed by atoms with Gasteiger partial charge in [0.2, 0.25) is 0 Å². The minimum absolute atomic E-state index is 0.173. The van der Waals surface area contributed by atoms with Crippen LogP contribution in [0.15, 0.2) is 24.3 Å². The third kappa shape index (κ3) is 1.49. The smallest absolute Gasteiger partial charge is 0.342 e. The van der Waals surface area contributed by atoms with Crippen molar-refractivity contribution in [2.75, 3.05) is 20.8 Å². The van der Waals surface area contributed by atoms with Gasteiger partial charge in [0.05, 0.1) is 24.7 Å². The van der Waals surface area contributed by atoms with Gasteiger partial charge in [0.15, 0.2) is 10.8 Å². The number of rotatable bonds is 5. The van der Waals surface area contributed by atoms with Crippen molar-refractivity contribution in [1.29, 1.82) is 10.5 Å². The minimum atomic E-state index is -1.49.